The van der Waals surface area contributed by atoms with Gasteiger partial charge in [-0.25, -0.2) is 14.8 Å². The van der Waals surface area contributed by atoms with Gasteiger partial charge in [0.1, 0.15) is 5.60 Å². The number of carbonyl (C=O) groups excluding carboxylic acids is 1. The number of para-hydroxylation sites is 1. The van der Waals surface area contributed by atoms with E-state index in [1.54, 1.807) is 6.20 Å². The van der Waals surface area contributed by atoms with Gasteiger partial charge in [-0.2, -0.15) is 0 Å². The number of H-pyrrole nitrogens is 1. The van der Waals surface area contributed by atoms with Gasteiger partial charge >= 0.3 is 6.09 Å². The van der Waals surface area contributed by atoms with Gasteiger partial charge < -0.3 is 29.7 Å². The zero-order valence-corrected chi connectivity index (χ0v) is 28.0. The monoisotopic (exact) mass is 635 g/mol. The summed E-state index contributed by atoms with van der Waals surface area (Å²) in [4.78, 5) is 32.2. The van der Waals surface area contributed by atoms with Crippen molar-refractivity contribution in [1.29, 1.82) is 0 Å². The van der Waals surface area contributed by atoms with Crippen LogP contribution in [0.5, 0.6) is 0 Å². The van der Waals surface area contributed by atoms with Gasteiger partial charge in [-0.05, 0) is 103 Å². The molecule has 3 aliphatic heterocycles. The molecule has 3 saturated heterocycles. The Balaban J connectivity index is 0.876. The largest absolute Gasteiger partial charge is 0.444 e. The first-order chi connectivity index (χ1) is 21.7. The van der Waals surface area contributed by atoms with E-state index in [0.29, 0.717) is 22.9 Å². The van der Waals surface area contributed by atoms with Gasteiger partial charge in [0.05, 0.1) is 16.9 Å². The number of nitrogens with one attached hydrogen (secondary N) is 2. The van der Waals surface area contributed by atoms with E-state index in [1.165, 1.54) is 45.3 Å². The number of aromatic nitrogens is 3. The van der Waals surface area contributed by atoms with E-state index in [-0.39, 0.29) is 6.09 Å². The van der Waals surface area contributed by atoms with Crippen molar-refractivity contribution in [3.8, 4) is 11.3 Å². The summed E-state index contributed by atoms with van der Waals surface area (Å²) in [6.07, 6.45) is 12.0. The number of hydrogen-bond acceptors (Lipinski definition) is 7. The lowest BCUT2D eigenvalue weighted by Crippen LogP contribution is -2.44. The fourth-order valence-electron chi connectivity index (χ4n) is 7.28. The van der Waals surface area contributed by atoms with Gasteiger partial charge in [-0.1, -0.05) is 29.8 Å². The molecular formula is C35H50ClN7O2. The molecule has 1 atom stereocenters. The summed E-state index contributed by atoms with van der Waals surface area (Å²) < 4.78 is 5.56. The van der Waals surface area contributed by atoms with Crippen molar-refractivity contribution in [2.75, 3.05) is 57.7 Å². The third-order valence-electron chi connectivity index (χ3n) is 9.77. The first-order valence-electron chi connectivity index (χ1n) is 17.0. The molecule has 1 aromatic carbocycles. The number of anilines is 1. The molecule has 244 valence electrons. The highest BCUT2D eigenvalue weighted by Crippen LogP contribution is 2.33. The Kier molecular flexibility index (Phi) is 10.2. The smallest absolute Gasteiger partial charge is 0.410 e. The molecule has 0 radical (unpaired) electrons. The number of ether oxygens (including phenoxy) is 1. The normalized spacial score (nSPS) is 21.1. The molecular weight excluding hydrogens is 586 g/mol. The lowest BCUT2D eigenvalue weighted by atomic mass is 9.90. The number of amides is 1. The van der Waals surface area contributed by atoms with Crippen molar-refractivity contribution in [3.05, 3.63) is 41.7 Å². The molecule has 1 amide bonds. The van der Waals surface area contributed by atoms with Crippen LogP contribution >= 0.6 is 11.6 Å². The molecule has 1 unspecified atom stereocenters. The lowest BCUT2D eigenvalue weighted by molar-refractivity contribution is 0.0163. The van der Waals surface area contributed by atoms with E-state index < -0.39 is 5.60 Å². The van der Waals surface area contributed by atoms with Crippen LogP contribution in [0.2, 0.25) is 5.02 Å². The van der Waals surface area contributed by atoms with Crippen LogP contribution in [0.15, 0.2) is 36.7 Å². The predicted molar refractivity (Wildman–Crippen MR) is 182 cm³/mol. The molecule has 3 fully saturated rings. The Labute approximate surface area is 273 Å². The number of carbonyl (C=O) groups is 1. The SMILES string of the molecule is CC(C)(C)OC(=O)N1CCC(CN2CCC(CCCN3CCC(Nc4ncc(Cl)c(-c5c[nH]c6ccccc56)n4)C3)CC2)CC1. The molecule has 45 heavy (non-hydrogen) atoms. The van der Waals surface area contributed by atoms with E-state index in [1.807, 2.05) is 44.0 Å². The second-order valence-corrected chi connectivity index (χ2v) is 14.8. The topological polar surface area (TPSA) is 89.6 Å². The summed E-state index contributed by atoms with van der Waals surface area (Å²) in [5, 5.41) is 5.25. The Hall–Kier alpha value is -2.88. The van der Waals surface area contributed by atoms with Crippen LogP contribution in [0, 0.1) is 11.8 Å². The number of fused-ring (bicyclic) bond motifs is 1. The number of likely N-dealkylation sites (tertiary alicyclic amines) is 3. The predicted octanol–water partition coefficient (Wildman–Crippen LogP) is 6.90. The van der Waals surface area contributed by atoms with Crippen LogP contribution in [0.3, 0.4) is 0 Å². The highest BCUT2D eigenvalue weighted by molar-refractivity contribution is 6.33. The lowest BCUT2D eigenvalue weighted by Gasteiger charge is -2.38. The van der Waals surface area contributed by atoms with Crippen molar-refractivity contribution in [3.63, 3.8) is 0 Å². The van der Waals surface area contributed by atoms with Crippen LogP contribution in [0.1, 0.15) is 65.7 Å². The van der Waals surface area contributed by atoms with Crippen molar-refractivity contribution >= 4 is 34.5 Å². The van der Waals surface area contributed by atoms with Crippen LogP contribution < -0.4 is 5.32 Å². The number of hydrogen-bond donors (Lipinski definition) is 2. The highest BCUT2D eigenvalue weighted by Gasteiger charge is 2.29. The minimum Gasteiger partial charge on any atom is -0.444 e. The molecule has 0 spiro atoms. The molecule has 2 aromatic heterocycles. The summed E-state index contributed by atoms with van der Waals surface area (Å²) in [7, 11) is 0. The van der Waals surface area contributed by atoms with E-state index in [0.717, 1.165) is 80.1 Å². The van der Waals surface area contributed by atoms with Crippen molar-refractivity contribution in [2.24, 2.45) is 11.8 Å². The number of nitrogens with zero attached hydrogens (tertiary/aromatic N) is 5. The maximum Gasteiger partial charge on any atom is 0.410 e. The molecule has 10 heteroatoms. The van der Waals surface area contributed by atoms with Gasteiger partial charge in [0.2, 0.25) is 5.95 Å². The van der Waals surface area contributed by atoms with Crippen LogP contribution in [-0.4, -0.2) is 99.7 Å². The van der Waals surface area contributed by atoms with Gasteiger partial charge in [-0.15, -0.1) is 0 Å². The van der Waals surface area contributed by atoms with Crippen molar-refractivity contribution in [1.82, 2.24) is 29.7 Å². The van der Waals surface area contributed by atoms with Gasteiger partial charge in [0, 0.05) is 61.4 Å². The van der Waals surface area contributed by atoms with E-state index in [4.69, 9.17) is 21.3 Å². The minimum atomic E-state index is -0.426. The van der Waals surface area contributed by atoms with Crippen LogP contribution in [0.25, 0.3) is 22.2 Å². The zero-order chi connectivity index (χ0) is 31.4. The first-order valence-corrected chi connectivity index (χ1v) is 17.4. The fourth-order valence-corrected chi connectivity index (χ4v) is 7.47. The molecule has 3 aliphatic rings. The standard InChI is InChI=1S/C35H50ClN7O2/c1-35(2,3)45-34(44)43-19-12-26(13-20-43)23-42-16-10-25(11-17-42)7-6-15-41-18-14-27(24-41)39-33-38-22-30(36)32(40-33)29-21-37-31-9-5-4-8-28(29)31/h4-5,8-9,21-22,25-27,37H,6-7,10-20,23-24H2,1-3H3,(H,38,39,40). The maximum atomic E-state index is 12.4. The zero-order valence-electron chi connectivity index (χ0n) is 27.2. The van der Waals surface area contributed by atoms with Gasteiger partial charge in [-0.3, -0.25) is 0 Å². The average Bonchev–Trinajstić information content (AvgIpc) is 3.65. The van der Waals surface area contributed by atoms with E-state index >= 15 is 0 Å². The summed E-state index contributed by atoms with van der Waals surface area (Å²) >= 11 is 6.54. The third-order valence-corrected chi connectivity index (χ3v) is 10.0. The number of aromatic amines is 1. The first kappa shape index (κ1) is 32.1. The van der Waals surface area contributed by atoms with Crippen LogP contribution in [-0.2, 0) is 4.74 Å². The molecule has 0 saturated carbocycles. The summed E-state index contributed by atoms with van der Waals surface area (Å²) in [6.45, 7) is 14.4. The number of benzene rings is 1. The maximum absolute atomic E-state index is 12.4. The molecule has 9 nitrogen and oxygen atoms in total. The Morgan fingerprint density at radius 1 is 1.02 bits per heavy atom. The second kappa shape index (κ2) is 14.3. The number of piperidine rings is 2. The molecule has 6 rings (SSSR count). The van der Waals surface area contributed by atoms with Crippen molar-refractivity contribution in [2.45, 2.75) is 77.4 Å². The quantitative estimate of drug-likeness (QED) is 0.264. The average molecular weight is 636 g/mol. The second-order valence-electron chi connectivity index (χ2n) is 14.4. The molecule has 2 N–H and O–H groups in total. The van der Waals surface area contributed by atoms with Crippen LogP contribution in [0.4, 0.5) is 10.7 Å². The third kappa shape index (κ3) is 8.48. The minimum absolute atomic E-state index is 0.158. The Morgan fingerprint density at radius 2 is 1.76 bits per heavy atom. The summed E-state index contributed by atoms with van der Waals surface area (Å²) in [5.41, 5.74) is 2.41. The fraction of sp³-hybridized carbons (Fsp3) is 0.629. The summed E-state index contributed by atoms with van der Waals surface area (Å²) in [5.74, 6) is 2.18. The number of halogens is 1. The molecule has 3 aromatic rings. The van der Waals surface area contributed by atoms with E-state index in [9.17, 15) is 4.79 Å². The van der Waals surface area contributed by atoms with Crippen molar-refractivity contribution < 1.29 is 9.53 Å². The molecule has 0 bridgehead atoms. The highest BCUT2D eigenvalue weighted by atomic mass is 35.5. The molecule has 0 aliphatic carbocycles. The Bertz CT molecular complexity index is 1420. The van der Waals surface area contributed by atoms with E-state index in [2.05, 4.69) is 37.2 Å². The molecule has 5 heterocycles. The number of rotatable bonds is 9. The van der Waals surface area contributed by atoms with Gasteiger partial charge in [0.25, 0.3) is 0 Å². The van der Waals surface area contributed by atoms with Gasteiger partial charge in [0.15, 0.2) is 0 Å². The Morgan fingerprint density at radius 3 is 2.53 bits per heavy atom. The summed E-state index contributed by atoms with van der Waals surface area (Å²) in [6, 6.07) is 8.56.